The topological polar surface area (TPSA) is 45.8 Å². The van der Waals surface area contributed by atoms with Crippen LogP contribution >= 0.6 is 11.3 Å². The first-order chi connectivity index (χ1) is 2.89. The minimum atomic E-state index is -0.157. The van der Waals surface area contributed by atoms with Crippen molar-refractivity contribution in [1.29, 1.82) is 0 Å². The largest absolute Gasteiger partial charge is 1.00 e. The van der Waals surface area contributed by atoms with Gasteiger partial charge >= 0.3 is 19.8 Å². The summed E-state index contributed by atoms with van der Waals surface area (Å²) in [6, 6.07) is 0. The fourth-order valence-corrected chi connectivity index (χ4v) is 0.421. The summed E-state index contributed by atoms with van der Waals surface area (Å²) in [4.78, 5) is 9.78. The average Bonchev–Trinajstić information content (AvgIpc) is 1.86. The second-order valence-corrected chi connectivity index (χ2v) is 1.46. The van der Waals surface area contributed by atoms with Crippen LogP contribution in [0.1, 0.15) is 0 Å². The molecule has 1 radical (unpaired) electrons. The van der Waals surface area contributed by atoms with Gasteiger partial charge in [-0.2, -0.15) is 0 Å². The van der Waals surface area contributed by atoms with Crippen molar-refractivity contribution in [3.8, 4) is 0 Å². The maximum atomic E-state index is 9.94. The van der Waals surface area contributed by atoms with Crippen LogP contribution in [0, 0.1) is 5.51 Å². The fraction of sp³-hybridized carbons (Fsp3) is 0. The smallest absolute Gasteiger partial charge is 0.369 e. The van der Waals surface area contributed by atoms with E-state index in [0.29, 0.717) is 0 Å². The van der Waals surface area contributed by atoms with Crippen molar-refractivity contribution < 1.29 is 19.8 Å². The molecule has 1 rings (SSSR count). The Labute approximate surface area is 56.8 Å². The summed E-state index contributed by atoms with van der Waals surface area (Å²) >= 11 is 0.931. The van der Waals surface area contributed by atoms with Crippen molar-refractivity contribution in [2.24, 2.45) is 0 Å². The van der Waals surface area contributed by atoms with Crippen molar-refractivity contribution in [1.82, 2.24) is 10.2 Å². The summed E-state index contributed by atoms with van der Waals surface area (Å²) in [6.45, 7) is 0. The Morgan fingerprint density at radius 2 is 2.57 bits per heavy atom. The van der Waals surface area contributed by atoms with E-state index in [1.807, 2.05) is 0 Å². The van der Waals surface area contributed by atoms with E-state index in [-0.39, 0.29) is 24.7 Å². The van der Waals surface area contributed by atoms with Crippen LogP contribution in [0.5, 0.6) is 0 Å². The Morgan fingerprint density at radius 3 is 2.71 bits per heavy atom. The molecule has 0 unspecified atom stereocenters. The Hall–Kier alpha value is -0.00364. The summed E-state index contributed by atoms with van der Waals surface area (Å²) in [6.07, 6.45) is 0. The molecule has 1 aromatic rings. The number of aromatic nitrogens is 2. The van der Waals surface area contributed by atoms with Gasteiger partial charge in [0.15, 0.2) is 4.87 Å². The van der Waals surface area contributed by atoms with Gasteiger partial charge in [-0.1, -0.05) is 5.51 Å². The second-order valence-electron chi connectivity index (χ2n) is 0.704. The van der Waals surface area contributed by atoms with E-state index >= 15 is 0 Å². The Bertz CT molecular complexity index is 153. The molecule has 3 nitrogen and oxygen atoms in total. The third-order valence-corrected chi connectivity index (χ3v) is 0.790. The molecule has 1 aromatic heterocycles. The predicted octanol–water partition coefficient (Wildman–Crippen LogP) is -0.371. The maximum Gasteiger partial charge on any atom is 1.00 e. The normalized spacial score (nSPS) is 7.43. The number of hydrogen-bond donors (Lipinski definition) is 1. The molecule has 5 heteroatoms. The molecule has 0 amide bonds. The van der Waals surface area contributed by atoms with E-state index < -0.39 is 0 Å². The van der Waals surface area contributed by atoms with Gasteiger partial charge in [-0.25, -0.2) is 0 Å². The SMILES string of the molecule is O=c1[nH]n[c-]s1.[Os+]. The van der Waals surface area contributed by atoms with Gasteiger partial charge in [0.25, 0.3) is 0 Å². The Morgan fingerprint density at radius 1 is 1.86 bits per heavy atom. The molecule has 0 aliphatic rings. The number of aromatic amines is 1. The number of nitrogens with zero attached hydrogens (tertiary/aromatic N) is 1. The van der Waals surface area contributed by atoms with E-state index in [4.69, 9.17) is 0 Å². The number of rotatable bonds is 0. The zero-order valence-corrected chi connectivity index (χ0v) is 6.47. The van der Waals surface area contributed by atoms with Crippen LogP contribution < -0.4 is 4.87 Å². The van der Waals surface area contributed by atoms with Gasteiger partial charge < -0.3 is 9.89 Å². The molecule has 1 heterocycles. The van der Waals surface area contributed by atoms with E-state index in [1.165, 1.54) is 0 Å². The summed E-state index contributed by atoms with van der Waals surface area (Å²) in [5.41, 5.74) is 2.35. The molecular formula is C2HN2OOsS. The van der Waals surface area contributed by atoms with Crippen molar-refractivity contribution in [2.75, 3.05) is 0 Å². The summed E-state index contributed by atoms with van der Waals surface area (Å²) in [5.74, 6) is 0. The minimum absolute atomic E-state index is 0. The van der Waals surface area contributed by atoms with Crippen molar-refractivity contribution in [3.05, 3.63) is 15.2 Å². The summed E-state index contributed by atoms with van der Waals surface area (Å²) in [5, 5.41) is 5.44. The molecule has 0 aliphatic carbocycles. The quantitative estimate of drug-likeness (QED) is 0.663. The molecular weight excluding hydrogens is 290 g/mol. The van der Waals surface area contributed by atoms with Crippen LogP contribution in [0.4, 0.5) is 0 Å². The summed E-state index contributed by atoms with van der Waals surface area (Å²) < 4.78 is 0. The van der Waals surface area contributed by atoms with Gasteiger partial charge in [0.1, 0.15) is 0 Å². The average molecular weight is 291 g/mol. The third kappa shape index (κ3) is 1.96. The van der Waals surface area contributed by atoms with E-state index in [9.17, 15) is 4.79 Å². The van der Waals surface area contributed by atoms with Crippen molar-refractivity contribution in [3.63, 3.8) is 0 Å². The molecule has 0 saturated carbocycles. The van der Waals surface area contributed by atoms with E-state index in [0.717, 1.165) is 11.3 Å². The molecule has 0 atom stereocenters. The molecule has 0 aromatic carbocycles. The Balaban J connectivity index is 0.000000360. The second kappa shape index (κ2) is 3.06. The minimum Gasteiger partial charge on any atom is -0.369 e. The van der Waals surface area contributed by atoms with Crippen LogP contribution in [0.15, 0.2) is 4.79 Å². The first kappa shape index (κ1) is 7.00. The van der Waals surface area contributed by atoms with Crippen LogP contribution in [0.2, 0.25) is 0 Å². The zero-order chi connectivity index (χ0) is 4.41. The molecule has 0 aliphatic heterocycles. The first-order valence-corrected chi connectivity index (χ1v) is 2.13. The number of hydrogen-bond acceptors (Lipinski definition) is 3. The Kier molecular flexibility index (Phi) is 3.06. The van der Waals surface area contributed by atoms with Gasteiger partial charge in [0.05, 0.1) is 0 Å². The maximum absolute atomic E-state index is 9.94. The number of H-pyrrole nitrogens is 1. The predicted molar refractivity (Wildman–Crippen MR) is 21.6 cm³/mol. The van der Waals surface area contributed by atoms with Crippen LogP contribution in [-0.2, 0) is 19.8 Å². The zero-order valence-electron chi connectivity index (χ0n) is 3.12. The van der Waals surface area contributed by atoms with Gasteiger partial charge in [0, 0.05) is 0 Å². The molecule has 0 saturated heterocycles. The molecule has 7 heavy (non-hydrogen) atoms. The molecule has 0 spiro atoms. The summed E-state index contributed by atoms with van der Waals surface area (Å²) in [7, 11) is 0. The first-order valence-electron chi connectivity index (χ1n) is 1.31. The van der Waals surface area contributed by atoms with E-state index in [1.54, 1.807) is 0 Å². The third-order valence-electron chi connectivity index (χ3n) is 0.331. The van der Waals surface area contributed by atoms with Gasteiger partial charge in [-0.3, -0.25) is 16.4 Å². The van der Waals surface area contributed by atoms with Gasteiger partial charge in [-0.15, -0.1) is 0 Å². The standard InChI is InChI=1S/C2HN2OS.Os/c5-2-4-3-1-6-2;/h(H,4,5);/q-1;+1. The molecule has 1 N–H and O–H groups in total. The van der Waals surface area contributed by atoms with Crippen molar-refractivity contribution in [2.45, 2.75) is 0 Å². The molecule has 0 fully saturated rings. The van der Waals surface area contributed by atoms with Crippen molar-refractivity contribution >= 4 is 11.3 Å². The van der Waals surface area contributed by atoms with Crippen LogP contribution in [0.3, 0.4) is 0 Å². The van der Waals surface area contributed by atoms with E-state index in [2.05, 4.69) is 15.7 Å². The molecule has 39 valence electrons. The van der Waals surface area contributed by atoms with Crippen LogP contribution in [-0.4, -0.2) is 10.2 Å². The monoisotopic (exact) mass is 293 g/mol. The van der Waals surface area contributed by atoms with Crippen LogP contribution in [0.25, 0.3) is 0 Å². The fourth-order valence-electron chi connectivity index (χ4n) is 0.156. The van der Waals surface area contributed by atoms with Gasteiger partial charge in [-0.05, 0) is 0 Å². The van der Waals surface area contributed by atoms with Gasteiger partial charge in [0.2, 0.25) is 0 Å². The number of nitrogens with one attached hydrogen (secondary N) is 1. The molecule has 0 bridgehead atoms.